The number of nitrogens with two attached hydrogens (primary N) is 1. The van der Waals surface area contributed by atoms with E-state index in [1.807, 2.05) is 14.1 Å². The van der Waals surface area contributed by atoms with Gasteiger partial charge in [0.05, 0.1) is 0 Å². The van der Waals surface area contributed by atoms with E-state index in [0.29, 0.717) is 12.0 Å². The van der Waals surface area contributed by atoms with Crippen LogP contribution in [0.3, 0.4) is 0 Å². The van der Waals surface area contributed by atoms with Crippen LogP contribution in [0, 0.1) is 11.6 Å². The Morgan fingerprint density at radius 1 is 1.11 bits per heavy atom. The minimum absolute atomic E-state index is 0.150. The number of rotatable bonds is 6. The average Bonchev–Trinajstić information content (AvgIpc) is 2.29. The Hall–Kier alpha value is -1.00. The van der Waals surface area contributed by atoms with Gasteiger partial charge in [0, 0.05) is 17.6 Å². The third-order valence-electron chi connectivity index (χ3n) is 4.18. The Kier molecular flexibility index (Phi) is 5.44. The summed E-state index contributed by atoms with van der Waals surface area (Å²) in [6.45, 7) is 4.19. The summed E-state index contributed by atoms with van der Waals surface area (Å²) >= 11 is 0. The van der Waals surface area contributed by atoms with E-state index in [1.165, 1.54) is 12.1 Å². The molecule has 0 fully saturated rings. The molecule has 108 valence electrons. The molecule has 0 saturated heterocycles. The molecule has 0 radical (unpaired) electrons. The lowest BCUT2D eigenvalue weighted by atomic mass is 9.81. The molecule has 2 nitrogen and oxygen atoms in total. The van der Waals surface area contributed by atoms with Crippen LogP contribution in [0.15, 0.2) is 18.2 Å². The molecule has 2 N–H and O–H groups in total. The van der Waals surface area contributed by atoms with Crippen LogP contribution < -0.4 is 5.73 Å². The zero-order valence-corrected chi connectivity index (χ0v) is 12.2. The maximum atomic E-state index is 13.2. The summed E-state index contributed by atoms with van der Waals surface area (Å²) in [4.78, 5) is 2.12. The minimum atomic E-state index is -0.550. The summed E-state index contributed by atoms with van der Waals surface area (Å²) in [5.41, 5.74) is 6.78. The largest absolute Gasteiger partial charge is 0.326 e. The van der Waals surface area contributed by atoms with Gasteiger partial charge in [-0.25, -0.2) is 8.78 Å². The Morgan fingerprint density at radius 2 is 1.58 bits per heavy atom. The zero-order chi connectivity index (χ0) is 14.6. The number of benzene rings is 1. The Labute approximate surface area is 114 Å². The summed E-state index contributed by atoms with van der Waals surface area (Å²) in [6.07, 6.45) is 2.26. The van der Waals surface area contributed by atoms with Gasteiger partial charge in [0.1, 0.15) is 11.6 Å². The maximum Gasteiger partial charge on any atom is 0.126 e. The SMILES string of the molecule is CCC(CC)(C(N)Cc1cc(F)cc(F)c1)N(C)C. The normalized spacial score (nSPS) is 13.9. The Balaban J connectivity index is 2.96. The molecule has 1 rings (SSSR count). The monoisotopic (exact) mass is 270 g/mol. The van der Waals surface area contributed by atoms with E-state index in [0.717, 1.165) is 18.9 Å². The van der Waals surface area contributed by atoms with Gasteiger partial charge in [-0.3, -0.25) is 0 Å². The summed E-state index contributed by atoms with van der Waals surface area (Å²) in [7, 11) is 4.00. The van der Waals surface area contributed by atoms with Crippen LogP contribution >= 0.6 is 0 Å². The van der Waals surface area contributed by atoms with Gasteiger partial charge in [0.2, 0.25) is 0 Å². The summed E-state index contributed by atoms with van der Waals surface area (Å²) in [6, 6.07) is 3.43. The molecule has 0 saturated carbocycles. The molecule has 0 aliphatic heterocycles. The van der Waals surface area contributed by atoms with E-state index in [9.17, 15) is 8.78 Å². The van der Waals surface area contributed by atoms with Crippen LogP contribution in [0.4, 0.5) is 8.78 Å². The fraction of sp³-hybridized carbons (Fsp3) is 0.600. The number of hydrogen-bond acceptors (Lipinski definition) is 2. The van der Waals surface area contributed by atoms with Crippen LogP contribution in [-0.4, -0.2) is 30.6 Å². The summed E-state index contributed by atoms with van der Waals surface area (Å²) in [5, 5.41) is 0. The van der Waals surface area contributed by atoms with Gasteiger partial charge >= 0.3 is 0 Å². The molecule has 1 unspecified atom stereocenters. The van der Waals surface area contributed by atoms with Gasteiger partial charge < -0.3 is 10.6 Å². The Bertz CT molecular complexity index is 394. The molecule has 0 aliphatic carbocycles. The predicted molar refractivity (Wildman–Crippen MR) is 75.0 cm³/mol. The van der Waals surface area contributed by atoms with Crippen molar-refractivity contribution >= 4 is 0 Å². The van der Waals surface area contributed by atoms with Crippen molar-refractivity contribution in [2.75, 3.05) is 14.1 Å². The molecule has 0 amide bonds. The molecule has 0 bridgehead atoms. The molecule has 19 heavy (non-hydrogen) atoms. The third kappa shape index (κ3) is 3.51. The average molecular weight is 270 g/mol. The predicted octanol–water partition coefficient (Wildman–Crippen LogP) is 2.96. The van der Waals surface area contributed by atoms with Crippen LogP contribution in [0.2, 0.25) is 0 Å². The number of nitrogens with zero attached hydrogens (tertiary/aromatic N) is 1. The van der Waals surface area contributed by atoms with Crippen molar-refractivity contribution in [2.45, 2.75) is 44.7 Å². The first-order valence-electron chi connectivity index (χ1n) is 6.73. The molecular formula is C15H24F2N2. The van der Waals surface area contributed by atoms with Crippen molar-refractivity contribution in [2.24, 2.45) is 5.73 Å². The summed E-state index contributed by atoms with van der Waals surface area (Å²) in [5.74, 6) is -1.10. The van der Waals surface area contributed by atoms with Crippen LogP contribution in [0.1, 0.15) is 32.3 Å². The molecule has 0 aliphatic rings. The molecule has 1 atom stereocenters. The van der Waals surface area contributed by atoms with Gasteiger partial charge in [-0.2, -0.15) is 0 Å². The number of halogens is 2. The zero-order valence-electron chi connectivity index (χ0n) is 12.2. The maximum absolute atomic E-state index is 13.2. The van der Waals surface area contributed by atoms with Crippen molar-refractivity contribution in [3.8, 4) is 0 Å². The van der Waals surface area contributed by atoms with E-state index in [4.69, 9.17) is 5.73 Å². The molecule has 4 heteroatoms. The molecule has 1 aromatic carbocycles. The second-order valence-corrected chi connectivity index (χ2v) is 5.29. The highest BCUT2D eigenvalue weighted by Crippen LogP contribution is 2.27. The van der Waals surface area contributed by atoms with Crippen molar-refractivity contribution in [1.29, 1.82) is 0 Å². The second-order valence-electron chi connectivity index (χ2n) is 5.29. The second kappa shape index (κ2) is 6.44. The first kappa shape index (κ1) is 16.1. The fourth-order valence-electron chi connectivity index (χ4n) is 2.91. The van der Waals surface area contributed by atoms with Crippen molar-refractivity contribution in [1.82, 2.24) is 4.90 Å². The van der Waals surface area contributed by atoms with Crippen molar-refractivity contribution in [3.05, 3.63) is 35.4 Å². The first-order chi connectivity index (χ1) is 8.85. The van der Waals surface area contributed by atoms with Crippen molar-refractivity contribution in [3.63, 3.8) is 0 Å². The third-order valence-corrected chi connectivity index (χ3v) is 4.18. The van der Waals surface area contributed by atoms with E-state index in [1.54, 1.807) is 0 Å². The van der Waals surface area contributed by atoms with E-state index in [-0.39, 0.29) is 11.6 Å². The quantitative estimate of drug-likeness (QED) is 0.861. The Morgan fingerprint density at radius 3 is 1.95 bits per heavy atom. The van der Waals surface area contributed by atoms with Gasteiger partial charge in [-0.1, -0.05) is 13.8 Å². The smallest absolute Gasteiger partial charge is 0.126 e. The fourth-order valence-corrected chi connectivity index (χ4v) is 2.91. The van der Waals surface area contributed by atoms with Gasteiger partial charge in [0.15, 0.2) is 0 Å². The highest BCUT2D eigenvalue weighted by Gasteiger charge is 2.35. The van der Waals surface area contributed by atoms with Gasteiger partial charge in [-0.15, -0.1) is 0 Å². The molecule has 0 aromatic heterocycles. The van der Waals surface area contributed by atoms with E-state index in [2.05, 4.69) is 18.7 Å². The lowest BCUT2D eigenvalue weighted by molar-refractivity contribution is 0.105. The van der Waals surface area contributed by atoms with Gasteiger partial charge in [0.25, 0.3) is 0 Å². The highest BCUT2D eigenvalue weighted by molar-refractivity contribution is 5.20. The molecular weight excluding hydrogens is 246 g/mol. The van der Waals surface area contributed by atoms with E-state index < -0.39 is 11.6 Å². The lowest BCUT2D eigenvalue weighted by Gasteiger charge is -2.43. The van der Waals surface area contributed by atoms with Crippen LogP contribution in [-0.2, 0) is 6.42 Å². The van der Waals surface area contributed by atoms with E-state index >= 15 is 0 Å². The standard InChI is InChI=1S/C15H24F2N2/c1-5-15(6-2,19(3)4)14(18)9-11-7-12(16)10-13(17)8-11/h7-8,10,14H,5-6,9,18H2,1-4H3. The first-order valence-corrected chi connectivity index (χ1v) is 6.73. The molecule has 0 heterocycles. The lowest BCUT2D eigenvalue weighted by Crippen LogP contribution is -2.57. The van der Waals surface area contributed by atoms with Crippen LogP contribution in [0.5, 0.6) is 0 Å². The number of hydrogen-bond donors (Lipinski definition) is 1. The van der Waals surface area contributed by atoms with Crippen LogP contribution in [0.25, 0.3) is 0 Å². The van der Waals surface area contributed by atoms with Crippen molar-refractivity contribution < 1.29 is 8.78 Å². The molecule has 1 aromatic rings. The molecule has 0 spiro atoms. The summed E-state index contributed by atoms with van der Waals surface area (Å²) < 4.78 is 26.4. The highest BCUT2D eigenvalue weighted by atomic mass is 19.1. The van der Waals surface area contributed by atoms with Gasteiger partial charge in [-0.05, 0) is 51.1 Å². The minimum Gasteiger partial charge on any atom is -0.326 e. The topological polar surface area (TPSA) is 29.3 Å². The number of likely N-dealkylation sites (N-methyl/N-ethyl adjacent to an activating group) is 1.